The van der Waals surface area contributed by atoms with Crippen LogP contribution in [0.1, 0.15) is 31.2 Å². The van der Waals surface area contributed by atoms with Crippen molar-refractivity contribution >= 4 is 22.4 Å². The molecule has 0 bridgehead atoms. The number of methoxy groups -OCH3 is 1. The van der Waals surface area contributed by atoms with Crippen molar-refractivity contribution in [2.24, 2.45) is 0 Å². The number of carbonyl (C=O) groups is 1. The first-order chi connectivity index (χ1) is 10.8. The van der Waals surface area contributed by atoms with Crippen LogP contribution in [0, 0.1) is 6.92 Å². The van der Waals surface area contributed by atoms with Crippen LogP contribution in [-0.4, -0.2) is 23.6 Å². The highest BCUT2D eigenvalue weighted by molar-refractivity contribution is 7.16. The maximum atomic E-state index is 11.2. The molecule has 3 rings (SSSR count). The van der Waals surface area contributed by atoms with Crippen molar-refractivity contribution in [1.82, 2.24) is 4.98 Å². The first-order valence-corrected chi connectivity index (χ1v) is 8.26. The van der Waals surface area contributed by atoms with E-state index >= 15 is 0 Å². The minimum atomic E-state index is -0.229. The van der Waals surface area contributed by atoms with Gasteiger partial charge >= 0.3 is 0 Å². The SMILES string of the molecule is COc1cc(-c2nc(NC(C)=O)sc2C)cc2c1OC(C)(C)C2. The maximum absolute atomic E-state index is 11.2. The summed E-state index contributed by atoms with van der Waals surface area (Å²) in [6.45, 7) is 7.61. The van der Waals surface area contributed by atoms with E-state index in [9.17, 15) is 4.79 Å². The zero-order valence-corrected chi connectivity index (χ0v) is 14.8. The summed E-state index contributed by atoms with van der Waals surface area (Å²) in [6, 6.07) is 4.05. The third kappa shape index (κ3) is 3.03. The molecule has 0 saturated heterocycles. The van der Waals surface area contributed by atoms with E-state index in [-0.39, 0.29) is 11.5 Å². The van der Waals surface area contributed by atoms with Crippen molar-refractivity contribution < 1.29 is 14.3 Å². The molecule has 2 aromatic rings. The van der Waals surface area contributed by atoms with Crippen molar-refractivity contribution in [3.05, 3.63) is 22.6 Å². The number of aromatic nitrogens is 1. The summed E-state index contributed by atoms with van der Waals surface area (Å²) in [5, 5.41) is 3.35. The zero-order chi connectivity index (χ0) is 16.8. The molecule has 0 radical (unpaired) electrons. The number of carbonyl (C=O) groups excluding carboxylic acids is 1. The van der Waals surface area contributed by atoms with Crippen LogP contribution in [0.25, 0.3) is 11.3 Å². The molecule has 1 aromatic heterocycles. The molecule has 1 N–H and O–H groups in total. The molecule has 0 aliphatic carbocycles. The summed E-state index contributed by atoms with van der Waals surface area (Å²) in [7, 11) is 1.64. The summed E-state index contributed by atoms with van der Waals surface area (Å²) in [5.74, 6) is 1.42. The van der Waals surface area contributed by atoms with Crippen LogP contribution < -0.4 is 14.8 Å². The quantitative estimate of drug-likeness (QED) is 0.929. The van der Waals surface area contributed by atoms with Gasteiger partial charge in [0.25, 0.3) is 0 Å². The molecule has 0 unspecified atom stereocenters. The summed E-state index contributed by atoms with van der Waals surface area (Å²) >= 11 is 1.47. The zero-order valence-electron chi connectivity index (χ0n) is 13.9. The standard InChI is InChI=1S/C17H20N2O3S/c1-9-14(19-16(23-9)18-10(2)20)11-6-12-8-17(3,4)22-15(12)13(7-11)21-5/h6-7H,8H2,1-5H3,(H,18,19,20). The van der Waals surface area contributed by atoms with Gasteiger partial charge < -0.3 is 14.8 Å². The summed E-state index contributed by atoms with van der Waals surface area (Å²) in [5.41, 5.74) is 2.74. The van der Waals surface area contributed by atoms with Gasteiger partial charge in [-0.2, -0.15) is 0 Å². The van der Waals surface area contributed by atoms with Gasteiger partial charge in [0.15, 0.2) is 16.6 Å². The Hall–Kier alpha value is -2.08. The maximum Gasteiger partial charge on any atom is 0.223 e. The number of hydrogen-bond acceptors (Lipinski definition) is 5. The van der Waals surface area contributed by atoms with E-state index in [1.165, 1.54) is 18.3 Å². The molecule has 2 heterocycles. The largest absolute Gasteiger partial charge is 0.493 e. The monoisotopic (exact) mass is 332 g/mol. The van der Waals surface area contributed by atoms with Gasteiger partial charge in [-0.05, 0) is 32.9 Å². The second kappa shape index (κ2) is 5.53. The topological polar surface area (TPSA) is 60.5 Å². The molecule has 0 spiro atoms. The first-order valence-electron chi connectivity index (χ1n) is 7.44. The van der Waals surface area contributed by atoms with E-state index in [2.05, 4.69) is 30.2 Å². The second-order valence-electron chi connectivity index (χ2n) is 6.31. The van der Waals surface area contributed by atoms with E-state index in [1.807, 2.05) is 13.0 Å². The number of hydrogen-bond donors (Lipinski definition) is 1. The second-order valence-corrected chi connectivity index (χ2v) is 7.51. The van der Waals surface area contributed by atoms with Crippen LogP contribution >= 0.6 is 11.3 Å². The Labute approximate surface area is 139 Å². The fourth-order valence-electron chi connectivity index (χ4n) is 2.83. The Bertz CT molecular complexity index is 780. The molecular formula is C17H20N2O3S. The third-order valence-electron chi connectivity index (χ3n) is 3.70. The van der Waals surface area contributed by atoms with Gasteiger partial charge in [0.1, 0.15) is 5.60 Å². The molecule has 1 aromatic carbocycles. The highest BCUT2D eigenvalue weighted by Crippen LogP contribution is 2.45. The number of fused-ring (bicyclic) bond motifs is 1. The smallest absolute Gasteiger partial charge is 0.223 e. The van der Waals surface area contributed by atoms with Crippen LogP contribution in [0.3, 0.4) is 0 Å². The van der Waals surface area contributed by atoms with Crippen LogP contribution in [0.4, 0.5) is 5.13 Å². The highest BCUT2D eigenvalue weighted by atomic mass is 32.1. The van der Waals surface area contributed by atoms with Gasteiger partial charge in [-0.3, -0.25) is 4.79 Å². The van der Waals surface area contributed by atoms with Gasteiger partial charge in [0.2, 0.25) is 5.91 Å². The first kappa shape index (κ1) is 15.8. The summed E-state index contributed by atoms with van der Waals surface area (Å²) in [6.07, 6.45) is 0.828. The van der Waals surface area contributed by atoms with Crippen molar-refractivity contribution in [3.63, 3.8) is 0 Å². The van der Waals surface area contributed by atoms with Crippen molar-refractivity contribution in [2.45, 2.75) is 39.7 Å². The third-order valence-corrected chi connectivity index (χ3v) is 4.59. The van der Waals surface area contributed by atoms with Gasteiger partial charge in [0.05, 0.1) is 12.8 Å². The van der Waals surface area contributed by atoms with Crippen LogP contribution in [0.2, 0.25) is 0 Å². The minimum absolute atomic E-state index is 0.119. The number of rotatable bonds is 3. The summed E-state index contributed by atoms with van der Waals surface area (Å²) < 4.78 is 11.5. The minimum Gasteiger partial charge on any atom is -0.493 e. The number of ether oxygens (including phenoxy) is 2. The van der Waals surface area contributed by atoms with Crippen molar-refractivity contribution in [3.8, 4) is 22.8 Å². The van der Waals surface area contributed by atoms with Crippen LogP contribution in [0.15, 0.2) is 12.1 Å². The van der Waals surface area contributed by atoms with Gasteiger partial charge in [0, 0.05) is 29.3 Å². The molecule has 1 aliphatic rings. The summed E-state index contributed by atoms with van der Waals surface area (Å²) in [4.78, 5) is 16.8. The Balaban J connectivity index is 2.05. The lowest BCUT2D eigenvalue weighted by Gasteiger charge is -2.17. The van der Waals surface area contributed by atoms with Crippen LogP contribution in [-0.2, 0) is 11.2 Å². The van der Waals surface area contributed by atoms with E-state index in [0.717, 1.165) is 39.6 Å². The van der Waals surface area contributed by atoms with E-state index in [0.29, 0.717) is 5.13 Å². The number of nitrogens with zero attached hydrogens (tertiary/aromatic N) is 1. The Morgan fingerprint density at radius 3 is 2.83 bits per heavy atom. The predicted octanol–water partition coefficient (Wildman–Crippen LogP) is 3.80. The lowest BCUT2D eigenvalue weighted by atomic mass is 9.99. The molecule has 122 valence electrons. The number of anilines is 1. The number of amides is 1. The average Bonchev–Trinajstić information content (AvgIpc) is 2.94. The molecule has 6 heteroatoms. The number of benzene rings is 1. The van der Waals surface area contributed by atoms with E-state index < -0.39 is 0 Å². The molecule has 0 atom stereocenters. The lowest BCUT2D eigenvalue weighted by Crippen LogP contribution is -2.24. The molecule has 1 amide bonds. The average molecular weight is 332 g/mol. The van der Waals surface area contributed by atoms with Crippen molar-refractivity contribution in [2.75, 3.05) is 12.4 Å². The number of aryl methyl sites for hydroxylation is 1. The van der Waals surface area contributed by atoms with Gasteiger partial charge in [-0.25, -0.2) is 4.98 Å². The normalized spacial score (nSPS) is 15.0. The van der Waals surface area contributed by atoms with E-state index in [1.54, 1.807) is 7.11 Å². The van der Waals surface area contributed by atoms with Gasteiger partial charge in [-0.1, -0.05) is 0 Å². The molecule has 23 heavy (non-hydrogen) atoms. The molecule has 0 saturated carbocycles. The Morgan fingerprint density at radius 1 is 1.43 bits per heavy atom. The lowest BCUT2D eigenvalue weighted by molar-refractivity contribution is -0.114. The number of thiazole rings is 1. The van der Waals surface area contributed by atoms with E-state index in [4.69, 9.17) is 9.47 Å². The fraction of sp³-hybridized carbons (Fsp3) is 0.412. The fourth-order valence-corrected chi connectivity index (χ4v) is 3.72. The highest BCUT2D eigenvalue weighted by Gasteiger charge is 2.33. The Kier molecular flexibility index (Phi) is 3.80. The number of nitrogens with one attached hydrogen (secondary N) is 1. The van der Waals surface area contributed by atoms with Crippen LogP contribution in [0.5, 0.6) is 11.5 Å². The predicted molar refractivity (Wildman–Crippen MR) is 91.6 cm³/mol. The molecular weight excluding hydrogens is 312 g/mol. The Morgan fingerprint density at radius 2 is 2.17 bits per heavy atom. The van der Waals surface area contributed by atoms with Gasteiger partial charge in [-0.15, -0.1) is 11.3 Å². The molecule has 1 aliphatic heterocycles. The molecule has 0 fully saturated rings. The molecule has 5 nitrogen and oxygen atoms in total. The van der Waals surface area contributed by atoms with Crippen molar-refractivity contribution in [1.29, 1.82) is 0 Å².